The van der Waals surface area contributed by atoms with Gasteiger partial charge in [0.1, 0.15) is 0 Å². The molecular weight excluding hydrogens is 287 g/mol. The summed E-state index contributed by atoms with van der Waals surface area (Å²) in [5.74, 6) is -0.499. The highest BCUT2D eigenvalue weighted by atomic mass is 19.4. The Hall–Kier alpha value is -1.57. The first-order chi connectivity index (χ1) is 9.76. The molecule has 2 heterocycles. The first-order valence-electron chi connectivity index (χ1n) is 6.85. The van der Waals surface area contributed by atoms with Crippen LogP contribution in [0.15, 0.2) is 6.07 Å². The van der Waals surface area contributed by atoms with E-state index in [0.29, 0.717) is 25.2 Å². The van der Waals surface area contributed by atoms with Crippen molar-refractivity contribution in [2.24, 2.45) is 0 Å². The maximum atomic E-state index is 12.2. The molecule has 1 aromatic rings. The van der Waals surface area contributed by atoms with Crippen molar-refractivity contribution in [3.05, 3.63) is 17.5 Å². The molecule has 2 rings (SSSR count). The fourth-order valence-corrected chi connectivity index (χ4v) is 2.31. The van der Waals surface area contributed by atoms with Gasteiger partial charge in [-0.3, -0.25) is 9.48 Å². The van der Waals surface area contributed by atoms with Gasteiger partial charge in [-0.05, 0) is 19.4 Å². The Bertz CT molecular complexity index is 511. The van der Waals surface area contributed by atoms with Crippen molar-refractivity contribution >= 4 is 5.91 Å². The smallest absolute Gasteiger partial charge is 0.387 e. The van der Waals surface area contributed by atoms with E-state index in [1.165, 1.54) is 4.90 Å². The van der Waals surface area contributed by atoms with Gasteiger partial charge in [0.2, 0.25) is 5.91 Å². The van der Waals surface area contributed by atoms with Crippen LogP contribution in [0.2, 0.25) is 0 Å². The van der Waals surface area contributed by atoms with E-state index in [1.54, 1.807) is 17.7 Å². The number of aryl methyl sites for hydroxylation is 1. The van der Waals surface area contributed by atoms with E-state index in [-0.39, 0.29) is 6.54 Å². The summed E-state index contributed by atoms with van der Waals surface area (Å²) in [6.07, 6.45) is -6.02. The molecule has 0 aliphatic carbocycles. The highest BCUT2D eigenvalue weighted by molar-refractivity contribution is 5.76. The van der Waals surface area contributed by atoms with Crippen molar-refractivity contribution in [3.63, 3.8) is 0 Å². The van der Waals surface area contributed by atoms with Crippen molar-refractivity contribution in [1.29, 1.82) is 0 Å². The third-order valence-electron chi connectivity index (χ3n) is 3.44. The van der Waals surface area contributed by atoms with E-state index < -0.39 is 31.0 Å². The first-order valence-corrected chi connectivity index (χ1v) is 6.85. The zero-order valence-corrected chi connectivity index (χ0v) is 11.7. The average Bonchev–Trinajstić information content (AvgIpc) is 2.68. The predicted molar refractivity (Wildman–Crippen MR) is 68.2 cm³/mol. The van der Waals surface area contributed by atoms with Crippen LogP contribution in [-0.4, -0.2) is 38.4 Å². The third-order valence-corrected chi connectivity index (χ3v) is 3.44. The Morgan fingerprint density at radius 2 is 2.19 bits per heavy atom. The molecule has 0 fully saturated rings. The minimum Gasteiger partial charge on any atom is -0.387 e. The molecule has 8 heteroatoms. The molecule has 0 aromatic carbocycles. The number of nitrogens with zero attached hydrogens (tertiary/aromatic N) is 3. The van der Waals surface area contributed by atoms with Gasteiger partial charge >= 0.3 is 6.18 Å². The molecule has 0 radical (unpaired) electrons. The van der Waals surface area contributed by atoms with Gasteiger partial charge in [-0.15, -0.1) is 0 Å². The Kier molecular flexibility index (Phi) is 4.55. The molecule has 0 unspecified atom stereocenters. The van der Waals surface area contributed by atoms with E-state index in [9.17, 15) is 23.1 Å². The fraction of sp³-hybridized carbons (Fsp3) is 0.692. The molecule has 118 valence electrons. The lowest BCUT2D eigenvalue weighted by molar-refractivity contribution is -0.149. The molecule has 5 nitrogen and oxygen atoms in total. The number of amides is 1. The molecule has 1 aromatic heterocycles. The largest absolute Gasteiger partial charge is 0.389 e. The molecule has 0 spiro atoms. The van der Waals surface area contributed by atoms with E-state index in [1.807, 2.05) is 0 Å². The molecule has 21 heavy (non-hydrogen) atoms. The average molecular weight is 305 g/mol. The van der Waals surface area contributed by atoms with Crippen LogP contribution in [0.25, 0.3) is 0 Å². The summed E-state index contributed by atoms with van der Waals surface area (Å²) in [5.41, 5.74) is 1.25. The second-order valence-electron chi connectivity index (χ2n) is 5.24. The van der Waals surface area contributed by atoms with Crippen LogP contribution in [0.4, 0.5) is 13.2 Å². The summed E-state index contributed by atoms with van der Waals surface area (Å²) < 4.78 is 38.3. The lowest BCUT2D eigenvalue weighted by Crippen LogP contribution is -2.31. The maximum Gasteiger partial charge on any atom is 0.389 e. The highest BCUT2D eigenvalue weighted by Gasteiger charge is 2.30. The van der Waals surface area contributed by atoms with E-state index in [0.717, 1.165) is 5.69 Å². The number of hydrogen-bond acceptors (Lipinski definition) is 3. The molecule has 1 atom stereocenters. The number of aliphatic hydroxyl groups excluding tert-OH is 1. The topological polar surface area (TPSA) is 58.4 Å². The molecular formula is C13H18F3N3O2. The first kappa shape index (κ1) is 15.8. The second-order valence-corrected chi connectivity index (χ2v) is 5.24. The summed E-state index contributed by atoms with van der Waals surface area (Å²) >= 11 is 0. The van der Waals surface area contributed by atoms with Crippen LogP contribution in [0, 0.1) is 0 Å². The Morgan fingerprint density at radius 3 is 2.81 bits per heavy atom. The van der Waals surface area contributed by atoms with Gasteiger partial charge in [-0.25, -0.2) is 0 Å². The normalized spacial score (nSPS) is 17.3. The van der Waals surface area contributed by atoms with Crippen molar-refractivity contribution in [2.75, 3.05) is 6.54 Å². The maximum absolute atomic E-state index is 12.2. The Morgan fingerprint density at radius 1 is 1.48 bits per heavy atom. The van der Waals surface area contributed by atoms with Gasteiger partial charge in [-0.1, -0.05) is 0 Å². The zero-order chi connectivity index (χ0) is 15.6. The lowest BCUT2D eigenvalue weighted by atomic mass is 10.2. The fourth-order valence-electron chi connectivity index (χ4n) is 2.31. The van der Waals surface area contributed by atoms with Gasteiger partial charge in [0.15, 0.2) is 0 Å². The molecule has 1 amide bonds. The highest BCUT2D eigenvalue weighted by Crippen LogP contribution is 2.23. The third kappa shape index (κ3) is 4.20. The Balaban J connectivity index is 2.04. The van der Waals surface area contributed by atoms with Gasteiger partial charge in [0.05, 0.1) is 30.5 Å². The van der Waals surface area contributed by atoms with E-state index >= 15 is 0 Å². The van der Waals surface area contributed by atoms with Crippen molar-refractivity contribution < 1.29 is 23.1 Å². The standard InChI is InChI=1S/C13H18F3N3O2/c1-9(20)11-7-10-8-18(5-2-6-19(10)17-11)12(21)3-4-13(14,15)16/h7,9,20H,2-6,8H2,1H3/t9-/m1/s1. The molecule has 1 aliphatic rings. The lowest BCUT2D eigenvalue weighted by Gasteiger charge is -2.20. The monoisotopic (exact) mass is 305 g/mol. The van der Waals surface area contributed by atoms with Crippen LogP contribution >= 0.6 is 0 Å². The van der Waals surface area contributed by atoms with Gasteiger partial charge in [-0.2, -0.15) is 18.3 Å². The SMILES string of the molecule is C[C@@H](O)c1cc2n(n1)CCCN(C(=O)CCC(F)(F)F)C2. The minimum atomic E-state index is -4.32. The summed E-state index contributed by atoms with van der Waals surface area (Å²) in [7, 11) is 0. The number of aromatic nitrogens is 2. The molecule has 1 aliphatic heterocycles. The molecule has 1 N–H and O–H groups in total. The number of rotatable bonds is 3. The van der Waals surface area contributed by atoms with Crippen molar-refractivity contribution in [3.8, 4) is 0 Å². The zero-order valence-electron chi connectivity index (χ0n) is 11.7. The summed E-state index contributed by atoms with van der Waals surface area (Å²) in [6, 6.07) is 1.69. The number of fused-ring (bicyclic) bond motifs is 1. The van der Waals surface area contributed by atoms with Crippen LogP contribution in [0.3, 0.4) is 0 Å². The molecule has 0 saturated heterocycles. The van der Waals surface area contributed by atoms with Gasteiger partial charge in [0.25, 0.3) is 0 Å². The summed E-state index contributed by atoms with van der Waals surface area (Å²) in [4.78, 5) is 13.3. The number of hydrogen-bond donors (Lipinski definition) is 1. The molecule has 0 saturated carbocycles. The van der Waals surface area contributed by atoms with E-state index in [4.69, 9.17) is 0 Å². The van der Waals surface area contributed by atoms with Crippen LogP contribution in [-0.2, 0) is 17.9 Å². The minimum absolute atomic E-state index is 0.233. The molecule has 0 bridgehead atoms. The quantitative estimate of drug-likeness (QED) is 0.929. The summed E-state index contributed by atoms with van der Waals surface area (Å²) in [6.45, 7) is 2.83. The predicted octanol–water partition coefficient (Wildman–Crippen LogP) is 2.01. The van der Waals surface area contributed by atoms with Gasteiger partial charge in [0, 0.05) is 19.5 Å². The van der Waals surface area contributed by atoms with Crippen LogP contribution < -0.4 is 0 Å². The van der Waals surface area contributed by atoms with Crippen molar-refractivity contribution in [2.45, 2.75) is 51.6 Å². The van der Waals surface area contributed by atoms with Crippen LogP contribution in [0.1, 0.15) is 43.7 Å². The number of halogens is 3. The number of alkyl halides is 3. The van der Waals surface area contributed by atoms with Gasteiger partial charge < -0.3 is 10.0 Å². The number of aliphatic hydroxyl groups is 1. The second kappa shape index (κ2) is 6.05. The van der Waals surface area contributed by atoms with Crippen molar-refractivity contribution in [1.82, 2.24) is 14.7 Å². The number of carbonyl (C=O) groups excluding carboxylic acids is 1. The summed E-state index contributed by atoms with van der Waals surface area (Å²) in [5, 5.41) is 13.7. The Labute approximate surface area is 120 Å². The van der Waals surface area contributed by atoms with Crippen LogP contribution in [0.5, 0.6) is 0 Å². The number of carbonyl (C=O) groups is 1. The van der Waals surface area contributed by atoms with E-state index in [2.05, 4.69) is 5.10 Å².